The summed E-state index contributed by atoms with van der Waals surface area (Å²) in [4.78, 5) is 31.6. The highest BCUT2D eigenvalue weighted by molar-refractivity contribution is 8.14. The number of thioether (sulfide) groups is 1. The van der Waals surface area contributed by atoms with E-state index in [0.717, 1.165) is 35.3 Å². The van der Waals surface area contributed by atoms with Gasteiger partial charge < -0.3 is 19.9 Å². The fourth-order valence-electron chi connectivity index (χ4n) is 4.41. The summed E-state index contributed by atoms with van der Waals surface area (Å²) in [7, 11) is 0. The number of carbonyl (C=O) groups is 2. The van der Waals surface area contributed by atoms with Gasteiger partial charge in [-0.2, -0.15) is 0 Å². The van der Waals surface area contributed by atoms with Gasteiger partial charge in [0, 0.05) is 30.2 Å². The lowest BCUT2D eigenvalue weighted by Crippen LogP contribution is -2.40. The first-order valence-corrected chi connectivity index (χ1v) is 11.1. The standard InChI is InChI=1S/C20H21F2N5O3S/c21-17(22)14-10-31-20(29)27(14)16-9-25-6-7-30-15-8-11(3-4-12(15)19(25)24-16)26-5-1-2-13(26)18(23)28/h3-4,8-9,13-14,17H,1-2,5-7,10H2,(H2,23,28)/t13?,14-/m0/s1. The van der Waals surface area contributed by atoms with E-state index < -0.39 is 17.7 Å². The minimum atomic E-state index is -2.64. The maximum Gasteiger partial charge on any atom is 0.287 e. The van der Waals surface area contributed by atoms with E-state index in [4.69, 9.17) is 10.5 Å². The molecule has 2 N–H and O–H groups in total. The summed E-state index contributed by atoms with van der Waals surface area (Å²) in [6.45, 7) is 1.56. The lowest BCUT2D eigenvalue weighted by molar-refractivity contribution is -0.119. The molecule has 5 rings (SSSR count). The van der Waals surface area contributed by atoms with Gasteiger partial charge in [-0.15, -0.1) is 0 Å². The number of ether oxygens (including phenoxy) is 1. The van der Waals surface area contributed by atoms with Crippen LogP contribution in [0.3, 0.4) is 0 Å². The Balaban J connectivity index is 1.51. The third-order valence-corrected chi connectivity index (χ3v) is 6.87. The smallest absolute Gasteiger partial charge is 0.287 e. The summed E-state index contributed by atoms with van der Waals surface area (Å²) in [5.41, 5.74) is 7.09. The van der Waals surface area contributed by atoms with Gasteiger partial charge in [0.05, 0.1) is 12.1 Å². The van der Waals surface area contributed by atoms with Gasteiger partial charge in [-0.1, -0.05) is 11.8 Å². The summed E-state index contributed by atoms with van der Waals surface area (Å²) in [5.74, 6) is 1.06. The summed E-state index contributed by atoms with van der Waals surface area (Å²) >= 11 is 0.881. The van der Waals surface area contributed by atoms with Gasteiger partial charge in [-0.3, -0.25) is 14.5 Å². The third-order valence-electron chi connectivity index (χ3n) is 5.92. The van der Waals surface area contributed by atoms with Crippen LogP contribution >= 0.6 is 11.8 Å². The molecule has 2 aromatic rings. The number of rotatable bonds is 4. The Morgan fingerprint density at radius 1 is 1.32 bits per heavy atom. The fourth-order valence-corrected chi connectivity index (χ4v) is 5.38. The molecule has 0 spiro atoms. The van der Waals surface area contributed by atoms with Crippen molar-refractivity contribution in [1.29, 1.82) is 0 Å². The number of aromatic nitrogens is 2. The third kappa shape index (κ3) is 3.40. The first-order chi connectivity index (χ1) is 14.9. The normalized spacial score (nSPS) is 23.0. The van der Waals surface area contributed by atoms with E-state index >= 15 is 0 Å². The number of anilines is 2. The molecule has 3 aliphatic heterocycles. The largest absolute Gasteiger partial charge is 0.491 e. The second-order valence-electron chi connectivity index (χ2n) is 7.75. The van der Waals surface area contributed by atoms with Crippen LogP contribution in [0.2, 0.25) is 0 Å². The van der Waals surface area contributed by atoms with Crippen molar-refractivity contribution >= 4 is 34.4 Å². The van der Waals surface area contributed by atoms with Crippen molar-refractivity contribution in [3.8, 4) is 17.1 Å². The maximum absolute atomic E-state index is 13.4. The number of carbonyl (C=O) groups excluding carboxylic acids is 2. The Morgan fingerprint density at radius 3 is 2.94 bits per heavy atom. The highest BCUT2D eigenvalue weighted by Crippen LogP contribution is 2.39. The van der Waals surface area contributed by atoms with E-state index in [0.29, 0.717) is 36.7 Å². The van der Waals surface area contributed by atoms with Crippen LogP contribution in [0.5, 0.6) is 5.75 Å². The molecule has 2 saturated heterocycles. The maximum atomic E-state index is 13.4. The first-order valence-electron chi connectivity index (χ1n) is 10.1. The molecule has 0 aliphatic carbocycles. The van der Waals surface area contributed by atoms with Crippen LogP contribution in [0.1, 0.15) is 12.8 Å². The number of nitrogens with zero attached hydrogens (tertiary/aromatic N) is 4. The van der Waals surface area contributed by atoms with Gasteiger partial charge in [0.25, 0.3) is 11.7 Å². The van der Waals surface area contributed by atoms with Crippen LogP contribution in [0.25, 0.3) is 11.4 Å². The molecule has 2 amide bonds. The number of benzene rings is 1. The molecule has 1 unspecified atom stereocenters. The van der Waals surface area contributed by atoms with Gasteiger partial charge in [-0.25, -0.2) is 13.8 Å². The SMILES string of the molecule is NC(=O)C1CCCN1c1ccc2c(c1)OCCn1cc(N3C(=O)SC[C@H]3C(F)F)nc1-2. The number of nitrogens with two attached hydrogens (primary N) is 1. The summed E-state index contributed by atoms with van der Waals surface area (Å²) in [5, 5.41) is -0.420. The number of hydrogen-bond acceptors (Lipinski definition) is 6. The summed E-state index contributed by atoms with van der Waals surface area (Å²) in [6, 6.07) is 4.06. The van der Waals surface area contributed by atoms with Crippen LogP contribution in [-0.4, -0.2) is 58.1 Å². The Hall–Kier alpha value is -2.82. The number of primary amides is 1. The van der Waals surface area contributed by atoms with Crippen molar-refractivity contribution in [2.24, 2.45) is 5.73 Å². The Labute approximate surface area is 181 Å². The van der Waals surface area contributed by atoms with E-state index in [1.165, 1.54) is 0 Å². The molecule has 0 radical (unpaired) electrons. The molecule has 11 heteroatoms. The molecule has 3 aliphatic rings. The highest BCUT2D eigenvalue weighted by atomic mass is 32.2. The van der Waals surface area contributed by atoms with Crippen molar-refractivity contribution in [2.45, 2.75) is 37.9 Å². The zero-order valence-corrected chi connectivity index (χ0v) is 17.4. The number of alkyl halides is 2. The van der Waals surface area contributed by atoms with Crippen molar-refractivity contribution in [3.05, 3.63) is 24.4 Å². The van der Waals surface area contributed by atoms with Gasteiger partial charge in [0.2, 0.25) is 5.91 Å². The zero-order chi connectivity index (χ0) is 21.7. The Kier molecular flexibility index (Phi) is 4.99. The van der Waals surface area contributed by atoms with Crippen molar-refractivity contribution in [2.75, 3.05) is 28.7 Å². The van der Waals surface area contributed by atoms with E-state index in [-0.39, 0.29) is 23.5 Å². The first kappa shape index (κ1) is 20.1. The molecular weight excluding hydrogens is 428 g/mol. The average Bonchev–Trinajstić information content (AvgIpc) is 3.44. The van der Waals surface area contributed by atoms with Gasteiger partial charge >= 0.3 is 0 Å². The van der Waals surface area contributed by atoms with Gasteiger partial charge in [0.1, 0.15) is 30.3 Å². The Morgan fingerprint density at radius 2 is 2.16 bits per heavy atom. The van der Waals surface area contributed by atoms with E-state index in [2.05, 4.69) is 4.98 Å². The lowest BCUT2D eigenvalue weighted by Gasteiger charge is -2.25. The minimum Gasteiger partial charge on any atom is -0.491 e. The molecule has 164 valence electrons. The number of amides is 2. The van der Waals surface area contributed by atoms with Gasteiger partial charge in [-0.05, 0) is 25.0 Å². The lowest BCUT2D eigenvalue weighted by atomic mass is 10.1. The number of imidazole rings is 1. The molecule has 8 nitrogen and oxygen atoms in total. The average molecular weight is 449 g/mol. The van der Waals surface area contributed by atoms with Crippen molar-refractivity contribution in [3.63, 3.8) is 0 Å². The van der Waals surface area contributed by atoms with Crippen molar-refractivity contribution in [1.82, 2.24) is 9.55 Å². The molecular formula is C20H21F2N5O3S. The van der Waals surface area contributed by atoms with Crippen LogP contribution in [0, 0.1) is 0 Å². The predicted octanol–water partition coefficient (Wildman–Crippen LogP) is 2.70. The molecule has 2 atom stereocenters. The quantitative estimate of drug-likeness (QED) is 0.772. The number of fused-ring (bicyclic) bond motifs is 3. The highest BCUT2D eigenvalue weighted by Gasteiger charge is 2.41. The predicted molar refractivity (Wildman–Crippen MR) is 113 cm³/mol. The number of hydrogen-bond donors (Lipinski definition) is 1. The molecule has 0 bridgehead atoms. The molecule has 4 heterocycles. The molecule has 0 saturated carbocycles. The fraction of sp³-hybridized carbons (Fsp3) is 0.450. The Bertz CT molecular complexity index is 1050. The molecule has 1 aromatic heterocycles. The van der Waals surface area contributed by atoms with Crippen LogP contribution in [-0.2, 0) is 11.3 Å². The molecule has 2 fully saturated rings. The van der Waals surface area contributed by atoms with Crippen LogP contribution in [0.15, 0.2) is 24.4 Å². The van der Waals surface area contributed by atoms with Gasteiger partial charge in [0.15, 0.2) is 5.82 Å². The minimum absolute atomic E-state index is 0.0403. The van der Waals surface area contributed by atoms with E-state index in [1.807, 2.05) is 27.7 Å². The van der Waals surface area contributed by atoms with E-state index in [9.17, 15) is 18.4 Å². The second-order valence-corrected chi connectivity index (χ2v) is 8.72. The topological polar surface area (TPSA) is 93.7 Å². The molecule has 31 heavy (non-hydrogen) atoms. The van der Waals surface area contributed by atoms with E-state index in [1.54, 1.807) is 6.20 Å². The molecule has 1 aromatic carbocycles. The van der Waals surface area contributed by atoms with Crippen LogP contribution in [0.4, 0.5) is 25.1 Å². The summed E-state index contributed by atoms with van der Waals surface area (Å²) < 4.78 is 34.6. The van der Waals surface area contributed by atoms with Crippen molar-refractivity contribution < 1.29 is 23.1 Å². The second kappa shape index (κ2) is 7.70. The van der Waals surface area contributed by atoms with Crippen LogP contribution < -0.4 is 20.3 Å². The summed E-state index contributed by atoms with van der Waals surface area (Å²) in [6.07, 6.45) is 0.586. The zero-order valence-electron chi connectivity index (χ0n) is 16.5. The number of halogens is 2. The monoisotopic (exact) mass is 449 g/mol.